The Balaban J connectivity index is 4.53. The molecule has 0 aromatic heterocycles. The molecule has 3 atom stereocenters. The second kappa shape index (κ2) is 47.6. The maximum absolute atomic E-state index is 13.2. The van der Waals surface area contributed by atoms with E-state index in [-0.39, 0.29) is 24.9 Å². The lowest BCUT2D eigenvalue weighted by Gasteiger charge is -2.24. The van der Waals surface area contributed by atoms with E-state index in [1.54, 1.807) is 0 Å². The first-order valence-corrected chi connectivity index (χ1v) is 26.4. The summed E-state index contributed by atoms with van der Waals surface area (Å²) >= 11 is 0. The van der Waals surface area contributed by atoms with Crippen molar-refractivity contribution in [2.75, 3.05) is 6.61 Å². The van der Waals surface area contributed by atoms with Crippen LogP contribution in [0.2, 0.25) is 0 Å². The molecule has 1 amide bonds. The molecule has 6 nitrogen and oxygen atoms in total. The quantitative estimate of drug-likeness (QED) is 0.0322. The van der Waals surface area contributed by atoms with E-state index in [0.29, 0.717) is 19.3 Å². The normalized spacial score (nSPS) is 13.2. The molecule has 0 fully saturated rings. The van der Waals surface area contributed by atoms with Crippen molar-refractivity contribution < 1.29 is 24.5 Å². The summed E-state index contributed by atoms with van der Waals surface area (Å²) in [6, 6.07) is -0.697. The standard InChI is InChI=1S/C53H103NO5/c1-4-7-10-13-16-19-22-25-28-30-33-36-39-42-45-51(56)50(48-55)54-52(57)47-49(44-41-38-35-32-29-26-23-20-17-14-11-8-5-2)59-53(58)46-43-40-37-34-31-27-24-21-18-15-12-9-6-3/h27,31,49-51,55-56H,4-26,28-30,32-48H2,1-3H3,(H,54,57)/b31-27-. The Kier molecular flexibility index (Phi) is 46.5. The van der Waals surface area contributed by atoms with Crippen molar-refractivity contribution >= 4 is 11.9 Å². The van der Waals surface area contributed by atoms with Gasteiger partial charge in [0.1, 0.15) is 6.10 Å². The van der Waals surface area contributed by atoms with Gasteiger partial charge in [-0.2, -0.15) is 0 Å². The number of allylic oxidation sites excluding steroid dienone is 2. The molecule has 0 aliphatic rings. The molecule has 3 unspecified atom stereocenters. The Bertz CT molecular complexity index is 893. The molecular weight excluding hydrogens is 731 g/mol. The summed E-state index contributed by atoms with van der Waals surface area (Å²) in [6.45, 7) is 6.50. The second-order valence-electron chi connectivity index (χ2n) is 18.3. The van der Waals surface area contributed by atoms with Gasteiger partial charge in [-0.15, -0.1) is 0 Å². The summed E-state index contributed by atoms with van der Waals surface area (Å²) < 4.78 is 5.93. The van der Waals surface area contributed by atoms with E-state index in [1.165, 1.54) is 193 Å². The highest BCUT2D eigenvalue weighted by Gasteiger charge is 2.24. The van der Waals surface area contributed by atoms with Gasteiger partial charge in [-0.3, -0.25) is 9.59 Å². The van der Waals surface area contributed by atoms with Crippen molar-refractivity contribution in [1.82, 2.24) is 5.32 Å². The highest BCUT2D eigenvalue weighted by molar-refractivity contribution is 5.77. The van der Waals surface area contributed by atoms with E-state index in [9.17, 15) is 19.8 Å². The van der Waals surface area contributed by atoms with Crippen LogP contribution in [0.5, 0.6) is 0 Å². The average molecular weight is 834 g/mol. The number of ether oxygens (including phenoxy) is 1. The van der Waals surface area contributed by atoms with Crippen molar-refractivity contribution in [3.8, 4) is 0 Å². The predicted octanol–water partition coefficient (Wildman–Crippen LogP) is 15.7. The summed E-state index contributed by atoms with van der Waals surface area (Å²) in [6.07, 6.45) is 52.7. The number of amides is 1. The summed E-state index contributed by atoms with van der Waals surface area (Å²) in [7, 11) is 0. The zero-order valence-corrected chi connectivity index (χ0v) is 39.9. The second-order valence-corrected chi connectivity index (χ2v) is 18.3. The van der Waals surface area contributed by atoms with Gasteiger partial charge in [0, 0.05) is 6.42 Å². The van der Waals surface area contributed by atoms with Crippen LogP contribution < -0.4 is 5.32 Å². The van der Waals surface area contributed by atoms with Crippen molar-refractivity contribution in [3.63, 3.8) is 0 Å². The van der Waals surface area contributed by atoms with Gasteiger partial charge in [-0.25, -0.2) is 0 Å². The van der Waals surface area contributed by atoms with Crippen LogP contribution in [0.3, 0.4) is 0 Å². The fourth-order valence-electron chi connectivity index (χ4n) is 8.31. The van der Waals surface area contributed by atoms with Crippen LogP contribution >= 0.6 is 0 Å². The van der Waals surface area contributed by atoms with E-state index in [0.717, 1.165) is 51.4 Å². The molecule has 59 heavy (non-hydrogen) atoms. The molecular formula is C53H103NO5. The Morgan fingerprint density at radius 1 is 0.475 bits per heavy atom. The number of nitrogens with one attached hydrogen (secondary N) is 1. The molecule has 0 spiro atoms. The molecule has 0 radical (unpaired) electrons. The van der Waals surface area contributed by atoms with Gasteiger partial charge < -0.3 is 20.3 Å². The molecule has 0 saturated heterocycles. The molecule has 0 aromatic carbocycles. The molecule has 0 aromatic rings. The van der Waals surface area contributed by atoms with Crippen LogP contribution in [-0.2, 0) is 14.3 Å². The smallest absolute Gasteiger partial charge is 0.306 e. The maximum Gasteiger partial charge on any atom is 0.306 e. The first-order valence-electron chi connectivity index (χ1n) is 26.4. The van der Waals surface area contributed by atoms with Crippen LogP contribution in [0.25, 0.3) is 0 Å². The average Bonchev–Trinajstić information content (AvgIpc) is 3.23. The van der Waals surface area contributed by atoms with Gasteiger partial charge in [-0.05, 0) is 51.4 Å². The topological polar surface area (TPSA) is 95.9 Å². The molecule has 0 aliphatic heterocycles. The van der Waals surface area contributed by atoms with Gasteiger partial charge in [-0.1, -0.05) is 238 Å². The molecule has 0 heterocycles. The van der Waals surface area contributed by atoms with E-state index >= 15 is 0 Å². The van der Waals surface area contributed by atoms with E-state index in [4.69, 9.17) is 4.74 Å². The van der Waals surface area contributed by atoms with Crippen molar-refractivity contribution in [1.29, 1.82) is 0 Å². The first-order chi connectivity index (χ1) is 29.0. The van der Waals surface area contributed by atoms with Gasteiger partial charge in [0.05, 0.1) is 25.2 Å². The SMILES string of the molecule is CCCCCCCC/C=C\CCCCCC(=O)OC(CCCCCCCCCCCCCCC)CC(=O)NC(CO)C(O)CCCCCCCCCCCCCCCC. The molecule has 3 N–H and O–H groups in total. The Hall–Kier alpha value is -1.40. The largest absolute Gasteiger partial charge is 0.462 e. The van der Waals surface area contributed by atoms with Gasteiger partial charge >= 0.3 is 5.97 Å². The van der Waals surface area contributed by atoms with Crippen LogP contribution in [0, 0.1) is 0 Å². The number of hydrogen-bond donors (Lipinski definition) is 3. The highest BCUT2D eigenvalue weighted by atomic mass is 16.5. The third-order valence-corrected chi connectivity index (χ3v) is 12.3. The number of esters is 1. The number of unbranched alkanes of at least 4 members (excludes halogenated alkanes) is 34. The summed E-state index contributed by atoms with van der Waals surface area (Å²) in [5.41, 5.74) is 0. The third kappa shape index (κ3) is 43.1. The van der Waals surface area contributed by atoms with Gasteiger partial charge in [0.2, 0.25) is 5.91 Å². The minimum absolute atomic E-state index is 0.0788. The number of rotatable bonds is 48. The molecule has 0 bridgehead atoms. The molecule has 0 rings (SSSR count). The Labute approximate surface area is 368 Å². The summed E-state index contributed by atoms with van der Waals surface area (Å²) in [5, 5.41) is 23.8. The number of hydrogen-bond acceptors (Lipinski definition) is 5. The fraction of sp³-hybridized carbons (Fsp3) is 0.925. The lowest BCUT2D eigenvalue weighted by Crippen LogP contribution is -2.46. The van der Waals surface area contributed by atoms with Crippen molar-refractivity contribution in [3.05, 3.63) is 12.2 Å². The van der Waals surface area contributed by atoms with E-state index in [2.05, 4.69) is 38.2 Å². The fourth-order valence-corrected chi connectivity index (χ4v) is 8.31. The van der Waals surface area contributed by atoms with E-state index in [1.807, 2.05) is 0 Å². The van der Waals surface area contributed by atoms with Crippen molar-refractivity contribution in [2.45, 2.75) is 309 Å². The zero-order chi connectivity index (χ0) is 43.1. The lowest BCUT2D eigenvalue weighted by atomic mass is 10.0. The van der Waals surface area contributed by atoms with Crippen LogP contribution in [0.15, 0.2) is 12.2 Å². The van der Waals surface area contributed by atoms with Crippen LogP contribution in [-0.4, -0.2) is 46.9 Å². The minimum Gasteiger partial charge on any atom is -0.462 e. The van der Waals surface area contributed by atoms with Crippen LogP contribution in [0.1, 0.15) is 290 Å². The maximum atomic E-state index is 13.2. The predicted molar refractivity (Wildman–Crippen MR) is 255 cm³/mol. The number of aliphatic hydroxyl groups is 2. The van der Waals surface area contributed by atoms with E-state index < -0.39 is 18.2 Å². The third-order valence-electron chi connectivity index (χ3n) is 12.3. The van der Waals surface area contributed by atoms with Crippen LogP contribution in [0.4, 0.5) is 0 Å². The monoisotopic (exact) mass is 834 g/mol. The Morgan fingerprint density at radius 2 is 0.814 bits per heavy atom. The van der Waals surface area contributed by atoms with Crippen molar-refractivity contribution in [2.24, 2.45) is 0 Å². The highest BCUT2D eigenvalue weighted by Crippen LogP contribution is 2.18. The number of aliphatic hydroxyl groups excluding tert-OH is 2. The summed E-state index contributed by atoms with van der Waals surface area (Å²) in [5.74, 6) is -0.475. The minimum atomic E-state index is -0.784. The Morgan fingerprint density at radius 3 is 1.20 bits per heavy atom. The molecule has 0 saturated carbocycles. The molecule has 6 heteroatoms. The number of carbonyl (C=O) groups is 2. The summed E-state index contributed by atoms with van der Waals surface area (Å²) in [4.78, 5) is 26.1. The zero-order valence-electron chi connectivity index (χ0n) is 39.9. The first kappa shape index (κ1) is 57.6. The molecule has 350 valence electrons. The lowest BCUT2D eigenvalue weighted by molar-refractivity contribution is -0.151. The van der Waals surface area contributed by atoms with Gasteiger partial charge in [0.25, 0.3) is 0 Å². The molecule has 0 aliphatic carbocycles. The van der Waals surface area contributed by atoms with Gasteiger partial charge in [0.15, 0.2) is 0 Å². The number of carbonyl (C=O) groups excluding carboxylic acids is 2.